The Morgan fingerprint density at radius 2 is 1.70 bits per heavy atom. The Balaban J connectivity index is 1.82. The number of anilines is 1. The van der Waals surface area contributed by atoms with Crippen LogP contribution in [-0.2, 0) is 9.53 Å². The SMILES string of the molecule is CNC(=O)C(NC(=O)OC(C)(C)C)c1ccc(C(=O)Nc2cc(-c3cccs3)ccc2OC(N)=O)cc1. The zero-order valence-corrected chi connectivity index (χ0v) is 21.6. The van der Waals surface area contributed by atoms with E-state index in [-0.39, 0.29) is 17.0 Å². The third kappa shape index (κ3) is 7.55. The highest BCUT2D eigenvalue weighted by molar-refractivity contribution is 7.13. The van der Waals surface area contributed by atoms with Gasteiger partial charge in [-0.1, -0.05) is 18.2 Å². The molecular formula is C26H28N4O6S. The Morgan fingerprint density at radius 1 is 1.00 bits per heavy atom. The van der Waals surface area contributed by atoms with Gasteiger partial charge in [-0.25, -0.2) is 9.59 Å². The minimum atomic E-state index is -1.03. The van der Waals surface area contributed by atoms with Crippen LogP contribution in [0, 0.1) is 0 Å². The second-order valence-electron chi connectivity index (χ2n) is 8.88. The summed E-state index contributed by atoms with van der Waals surface area (Å²) in [5, 5.41) is 9.70. The first-order chi connectivity index (χ1) is 17.5. The van der Waals surface area contributed by atoms with Crippen molar-refractivity contribution in [3.63, 3.8) is 0 Å². The Labute approximate surface area is 218 Å². The number of alkyl carbamates (subject to hydrolysis) is 1. The highest BCUT2D eigenvalue weighted by Gasteiger charge is 2.25. The molecule has 0 saturated heterocycles. The average molecular weight is 525 g/mol. The number of hydrogen-bond acceptors (Lipinski definition) is 7. The lowest BCUT2D eigenvalue weighted by molar-refractivity contribution is -0.122. The third-order valence-corrected chi connectivity index (χ3v) is 5.84. The lowest BCUT2D eigenvalue weighted by Gasteiger charge is -2.23. The summed E-state index contributed by atoms with van der Waals surface area (Å²) in [6.07, 6.45) is -1.77. The Bertz CT molecular complexity index is 1280. The smallest absolute Gasteiger partial charge is 0.410 e. The van der Waals surface area contributed by atoms with Crippen molar-refractivity contribution in [2.24, 2.45) is 5.73 Å². The fourth-order valence-corrected chi connectivity index (χ4v) is 4.04. The molecule has 0 saturated carbocycles. The number of likely N-dealkylation sites (N-methyl/N-ethyl adjacent to an activating group) is 1. The standard InChI is InChI=1S/C26H28N4O6S/c1-26(2,3)36-25(34)30-21(23(32)28-4)15-7-9-16(10-8-15)22(31)29-18-14-17(20-6-5-13-37-20)11-12-19(18)35-24(27)33/h5-14,21H,1-4H3,(H2,27,33)(H,28,32)(H,29,31)(H,30,34). The predicted octanol–water partition coefficient (Wildman–Crippen LogP) is 4.44. The molecule has 3 rings (SSSR count). The van der Waals surface area contributed by atoms with E-state index >= 15 is 0 Å². The van der Waals surface area contributed by atoms with Gasteiger partial charge in [-0.05, 0) is 73.7 Å². The van der Waals surface area contributed by atoms with E-state index in [0.29, 0.717) is 5.56 Å². The van der Waals surface area contributed by atoms with Crippen molar-refractivity contribution in [3.05, 3.63) is 71.1 Å². The predicted molar refractivity (Wildman–Crippen MR) is 141 cm³/mol. The molecule has 1 aromatic heterocycles. The fraction of sp³-hybridized carbons (Fsp3) is 0.231. The molecular weight excluding hydrogens is 496 g/mol. The molecule has 3 aromatic rings. The van der Waals surface area contributed by atoms with Crippen LogP contribution in [0.15, 0.2) is 60.0 Å². The molecule has 2 aromatic carbocycles. The van der Waals surface area contributed by atoms with Crippen LogP contribution in [0.25, 0.3) is 10.4 Å². The zero-order valence-electron chi connectivity index (χ0n) is 20.8. The van der Waals surface area contributed by atoms with Gasteiger partial charge in [0.05, 0.1) is 5.69 Å². The van der Waals surface area contributed by atoms with Crippen molar-refractivity contribution in [1.29, 1.82) is 0 Å². The van der Waals surface area contributed by atoms with E-state index in [2.05, 4.69) is 16.0 Å². The molecule has 1 heterocycles. The second-order valence-corrected chi connectivity index (χ2v) is 9.83. The van der Waals surface area contributed by atoms with Crippen molar-refractivity contribution < 1.29 is 28.7 Å². The summed E-state index contributed by atoms with van der Waals surface area (Å²) in [5.41, 5.74) is 6.22. The fourth-order valence-electron chi connectivity index (χ4n) is 3.31. The molecule has 0 aliphatic carbocycles. The van der Waals surface area contributed by atoms with E-state index in [9.17, 15) is 19.2 Å². The molecule has 0 radical (unpaired) electrons. The van der Waals surface area contributed by atoms with Gasteiger partial charge in [-0.2, -0.15) is 0 Å². The second kappa shape index (κ2) is 11.6. The molecule has 1 atom stereocenters. The summed E-state index contributed by atoms with van der Waals surface area (Å²) < 4.78 is 10.3. The van der Waals surface area contributed by atoms with Crippen molar-refractivity contribution in [3.8, 4) is 16.2 Å². The van der Waals surface area contributed by atoms with Gasteiger partial charge in [0, 0.05) is 17.5 Å². The molecule has 5 N–H and O–H groups in total. The van der Waals surface area contributed by atoms with E-state index in [1.807, 2.05) is 17.5 Å². The Hall–Kier alpha value is -4.38. The summed E-state index contributed by atoms with van der Waals surface area (Å²) in [6.45, 7) is 5.14. The topological polar surface area (TPSA) is 149 Å². The summed E-state index contributed by atoms with van der Waals surface area (Å²) in [5.74, 6) is -0.846. The van der Waals surface area contributed by atoms with Gasteiger partial charge in [-0.3, -0.25) is 9.59 Å². The monoisotopic (exact) mass is 524 g/mol. The highest BCUT2D eigenvalue weighted by Crippen LogP contribution is 2.33. The van der Waals surface area contributed by atoms with Gasteiger partial charge < -0.3 is 31.2 Å². The van der Waals surface area contributed by atoms with Crippen LogP contribution in [0.2, 0.25) is 0 Å². The molecule has 1 unspecified atom stereocenters. The quantitative estimate of drug-likeness (QED) is 0.359. The van der Waals surface area contributed by atoms with Crippen LogP contribution in [0.1, 0.15) is 42.7 Å². The molecule has 11 heteroatoms. The number of primary amides is 1. The molecule has 37 heavy (non-hydrogen) atoms. The summed E-state index contributed by atoms with van der Waals surface area (Å²) >= 11 is 1.52. The number of ether oxygens (including phenoxy) is 2. The van der Waals surface area contributed by atoms with Gasteiger partial charge in [0.25, 0.3) is 5.91 Å². The number of thiophene rings is 1. The molecule has 0 fully saturated rings. The van der Waals surface area contributed by atoms with Crippen LogP contribution in [0.3, 0.4) is 0 Å². The first kappa shape index (κ1) is 27.2. The van der Waals surface area contributed by atoms with E-state index in [1.54, 1.807) is 51.1 Å². The summed E-state index contributed by atoms with van der Waals surface area (Å²) in [6, 6.07) is 13.9. The zero-order chi connectivity index (χ0) is 27.2. The van der Waals surface area contributed by atoms with E-state index in [0.717, 1.165) is 10.4 Å². The number of rotatable bonds is 7. The molecule has 0 aliphatic heterocycles. The van der Waals surface area contributed by atoms with Crippen molar-refractivity contribution in [2.45, 2.75) is 32.4 Å². The van der Waals surface area contributed by atoms with E-state index < -0.39 is 35.6 Å². The number of nitrogens with two attached hydrogens (primary N) is 1. The first-order valence-electron chi connectivity index (χ1n) is 11.2. The Morgan fingerprint density at radius 3 is 2.27 bits per heavy atom. The number of amides is 4. The first-order valence-corrected chi connectivity index (χ1v) is 12.1. The maximum Gasteiger partial charge on any atom is 0.410 e. The van der Waals surface area contributed by atoms with Gasteiger partial charge in [0.1, 0.15) is 11.6 Å². The molecule has 0 bridgehead atoms. The minimum absolute atomic E-state index is 0.0963. The lowest BCUT2D eigenvalue weighted by Crippen LogP contribution is -2.41. The summed E-state index contributed by atoms with van der Waals surface area (Å²) in [4.78, 5) is 50.0. The van der Waals surface area contributed by atoms with Crippen LogP contribution in [0.5, 0.6) is 5.75 Å². The van der Waals surface area contributed by atoms with Gasteiger partial charge in [-0.15, -0.1) is 11.3 Å². The van der Waals surface area contributed by atoms with Gasteiger partial charge in [0.15, 0.2) is 5.75 Å². The van der Waals surface area contributed by atoms with E-state index in [1.165, 1.54) is 30.5 Å². The average Bonchev–Trinajstić information content (AvgIpc) is 3.37. The normalized spacial score (nSPS) is 11.7. The number of carbonyl (C=O) groups excluding carboxylic acids is 4. The minimum Gasteiger partial charge on any atom is -0.444 e. The molecule has 10 nitrogen and oxygen atoms in total. The van der Waals surface area contributed by atoms with Gasteiger partial charge >= 0.3 is 12.2 Å². The van der Waals surface area contributed by atoms with Crippen LogP contribution in [-0.4, -0.2) is 36.6 Å². The molecule has 0 aliphatic rings. The van der Waals surface area contributed by atoms with Crippen molar-refractivity contribution in [1.82, 2.24) is 10.6 Å². The van der Waals surface area contributed by atoms with Crippen LogP contribution in [0.4, 0.5) is 15.3 Å². The maximum atomic E-state index is 13.0. The lowest BCUT2D eigenvalue weighted by atomic mass is 10.0. The molecule has 194 valence electrons. The molecule has 0 spiro atoms. The number of carbonyl (C=O) groups is 4. The number of hydrogen-bond donors (Lipinski definition) is 4. The van der Waals surface area contributed by atoms with Crippen LogP contribution < -0.4 is 26.4 Å². The van der Waals surface area contributed by atoms with E-state index in [4.69, 9.17) is 15.2 Å². The van der Waals surface area contributed by atoms with Gasteiger partial charge in [0.2, 0.25) is 5.91 Å². The number of nitrogens with one attached hydrogen (secondary N) is 3. The van der Waals surface area contributed by atoms with Crippen molar-refractivity contribution >= 4 is 41.0 Å². The van der Waals surface area contributed by atoms with Crippen LogP contribution >= 0.6 is 11.3 Å². The van der Waals surface area contributed by atoms with Crippen molar-refractivity contribution in [2.75, 3.05) is 12.4 Å². The Kier molecular flexibility index (Phi) is 8.51. The third-order valence-electron chi connectivity index (χ3n) is 4.92. The maximum absolute atomic E-state index is 13.0. The largest absolute Gasteiger partial charge is 0.444 e. The molecule has 4 amide bonds. The number of benzene rings is 2. The summed E-state index contributed by atoms with van der Waals surface area (Å²) in [7, 11) is 1.45. The highest BCUT2D eigenvalue weighted by atomic mass is 32.1.